The summed E-state index contributed by atoms with van der Waals surface area (Å²) in [5, 5.41) is 3.26. The lowest BCUT2D eigenvalue weighted by Crippen LogP contribution is -2.63. The summed E-state index contributed by atoms with van der Waals surface area (Å²) in [4.78, 5) is 72.1. The Bertz CT molecular complexity index is 1780. The van der Waals surface area contributed by atoms with E-state index < -0.39 is 72.6 Å². The fraction of sp³-hybridized carbons (Fsp3) is 0.459. The fourth-order valence-corrected chi connectivity index (χ4v) is 5.69. The maximum atomic E-state index is 12.3. The van der Waals surface area contributed by atoms with Crippen LogP contribution in [0.15, 0.2) is 53.1 Å². The van der Waals surface area contributed by atoms with Crippen LogP contribution in [0.25, 0.3) is 11.0 Å². The number of carbonyl (C=O) groups excluding carboxylic acids is 6. The first-order chi connectivity index (χ1) is 24.5. The maximum Gasteiger partial charge on any atom is 0.303 e. The Hall–Kier alpha value is -5.44. The molecule has 0 saturated carbocycles. The van der Waals surface area contributed by atoms with Crippen LogP contribution in [0.3, 0.4) is 0 Å². The van der Waals surface area contributed by atoms with Gasteiger partial charge in [0.2, 0.25) is 24.2 Å². The highest BCUT2D eigenvalue weighted by Gasteiger charge is 2.53. The Balaban J connectivity index is 1.54. The average molecular weight is 725 g/mol. The lowest BCUT2D eigenvalue weighted by atomic mass is 9.98. The molecule has 52 heavy (non-hydrogen) atoms. The first-order valence-corrected chi connectivity index (χ1v) is 16.7. The monoisotopic (exact) mass is 724 g/mol. The van der Waals surface area contributed by atoms with Crippen molar-refractivity contribution in [2.75, 3.05) is 6.61 Å². The lowest BCUT2D eigenvalue weighted by Gasteiger charge is -2.44. The van der Waals surface area contributed by atoms with Gasteiger partial charge in [0.1, 0.15) is 29.6 Å². The van der Waals surface area contributed by atoms with Crippen LogP contribution in [0.2, 0.25) is 0 Å². The highest BCUT2D eigenvalue weighted by atomic mass is 16.7. The Morgan fingerprint density at radius 2 is 1.37 bits per heavy atom. The van der Waals surface area contributed by atoms with Crippen LogP contribution in [0.5, 0.6) is 5.75 Å². The number of rotatable bonds is 15. The van der Waals surface area contributed by atoms with E-state index in [0.717, 1.165) is 37.5 Å². The van der Waals surface area contributed by atoms with Crippen molar-refractivity contribution in [3.63, 3.8) is 0 Å². The van der Waals surface area contributed by atoms with Gasteiger partial charge in [-0.15, -0.1) is 0 Å². The highest BCUT2D eigenvalue weighted by molar-refractivity contribution is 5.89. The van der Waals surface area contributed by atoms with Gasteiger partial charge in [-0.3, -0.25) is 28.8 Å². The number of amides is 2. The van der Waals surface area contributed by atoms with Crippen molar-refractivity contribution in [3.8, 4) is 5.75 Å². The van der Waals surface area contributed by atoms with Crippen molar-refractivity contribution < 1.29 is 61.6 Å². The number of aryl methyl sites for hydroxylation is 3. The van der Waals surface area contributed by atoms with Crippen LogP contribution >= 0.6 is 0 Å². The number of fused-ring (bicyclic) bond motifs is 1. The Labute approximate surface area is 300 Å². The number of ether oxygens (including phenoxy) is 6. The van der Waals surface area contributed by atoms with Gasteiger partial charge in [-0.2, -0.15) is 0 Å². The molecule has 1 fully saturated rings. The van der Waals surface area contributed by atoms with Crippen LogP contribution in [0.1, 0.15) is 64.7 Å². The third kappa shape index (κ3) is 10.5. The van der Waals surface area contributed by atoms with Crippen LogP contribution in [-0.4, -0.2) is 78.5 Å². The summed E-state index contributed by atoms with van der Waals surface area (Å²) >= 11 is 0. The van der Waals surface area contributed by atoms with E-state index in [1.807, 2.05) is 24.3 Å². The number of benzene rings is 2. The standard InChI is InChI=1S/C37H44N2O13/c1-20(40)46-19-29-32(48-21(2)41)33(49-22(3)42)34(50-23(4)43)35(52-29)51-28-9-7-8-27-31(28)26(18-47-27)16-14-24-10-12-25(13-11-24)15-17-30(44)39-37(5,6)36(38)45/h7-13,18,29,32-35H,14-17,19H2,1-6H3,(H2,38,45)(H,39,44)/t29-,32-,33+,34-,35-/m1/s1. The van der Waals surface area contributed by atoms with Gasteiger partial charge in [-0.25, -0.2) is 0 Å². The predicted molar refractivity (Wildman–Crippen MR) is 182 cm³/mol. The van der Waals surface area contributed by atoms with E-state index in [2.05, 4.69) is 5.32 Å². The first-order valence-electron chi connectivity index (χ1n) is 16.7. The number of furan rings is 1. The average Bonchev–Trinajstić information content (AvgIpc) is 3.48. The van der Waals surface area contributed by atoms with Crippen LogP contribution in [-0.2, 0) is 71.7 Å². The van der Waals surface area contributed by atoms with Crippen LogP contribution in [0, 0.1) is 0 Å². The molecule has 1 aliphatic heterocycles. The molecule has 5 atom stereocenters. The summed E-state index contributed by atoms with van der Waals surface area (Å²) in [6.07, 6.45) is -3.23. The second-order valence-corrected chi connectivity index (χ2v) is 12.9. The maximum absolute atomic E-state index is 12.3. The molecule has 2 amide bonds. The molecule has 0 aliphatic carbocycles. The second-order valence-electron chi connectivity index (χ2n) is 12.9. The molecule has 2 aromatic carbocycles. The second kappa shape index (κ2) is 17.2. The van der Waals surface area contributed by atoms with Gasteiger partial charge < -0.3 is 43.9 Å². The topological polar surface area (TPSA) is 209 Å². The van der Waals surface area contributed by atoms with Gasteiger partial charge in [-0.05, 0) is 56.4 Å². The number of esters is 4. The zero-order valence-electron chi connectivity index (χ0n) is 29.9. The zero-order chi connectivity index (χ0) is 38.2. The van der Waals surface area contributed by atoms with E-state index in [1.165, 1.54) is 6.92 Å². The third-order valence-corrected chi connectivity index (χ3v) is 8.24. The fourth-order valence-electron chi connectivity index (χ4n) is 5.69. The number of primary amides is 1. The first kappa shape index (κ1) is 39.3. The third-order valence-electron chi connectivity index (χ3n) is 8.24. The van der Waals surface area contributed by atoms with Crippen molar-refractivity contribution in [2.24, 2.45) is 5.73 Å². The van der Waals surface area contributed by atoms with E-state index in [1.54, 1.807) is 38.3 Å². The largest absolute Gasteiger partial charge is 0.464 e. The highest BCUT2D eigenvalue weighted by Crippen LogP contribution is 2.36. The minimum atomic E-state index is -1.41. The van der Waals surface area contributed by atoms with Crippen LogP contribution < -0.4 is 15.8 Å². The SMILES string of the molecule is CC(=O)OC[C@H]1O[C@@H](Oc2cccc3occ(CCc4ccc(CCC(=O)NC(C)(C)C(N)=O)cc4)c23)[C@H](OC(C)=O)[C@@H](OC(C)=O)[C@@H]1OC(C)=O. The molecule has 2 heterocycles. The summed E-state index contributed by atoms with van der Waals surface area (Å²) in [6, 6.07) is 12.9. The van der Waals surface area contributed by atoms with E-state index in [0.29, 0.717) is 36.0 Å². The molecule has 0 radical (unpaired) electrons. The van der Waals surface area contributed by atoms with Gasteiger partial charge in [0, 0.05) is 39.7 Å². The number of nitrogens with one attached hydrogen (secondary N) is 1. The Morgan fingerprint density at radius 3 is 1.96 bits per heavy atom. The van der Waals surface area contributed by atoms with Gasteiger partial charge in [0.25, 0.3) is 0 Å². The molecule has 4 rings (SSSR count). The molecular formula is C37H44N2O13. The molecule has 3 N–H and O–H groups in total. The minimum Gasteiger partial charge on any atom is -0.464 e. The summed E-state index contributed by atoms with van der Waals surface area (Å²) in [5.41, 5.74) is 7.48. The quantitative estimate of drug-likeness (QED) is 0.171. The van der Waals surface area contributed by atoms with Gasteiger partial charge in [0.05, 0.1) is 11.6 Å². The molecule has 3 aromatic rings. The molecule has 0 bridgehead atoms. The normalized spacial score (nSPS) is 20.0. The molecule has 0 unspecified atom stereocenters. The van der Waals surface area contributed by atoms with Crippen LogP contribution in [0.4, 0.5) is 0 Å². The smallest absolute Gasteiger partial charge is 0.303 e. The predicted octanol–water partition coefficient (Wildman–Crippen LogP) is 2.99. The summed E-state index contributed by atoms with van der Waals surface area (Å²) < 4.78 is 40.0. The molecule has 1 aromatic heterocycles. The van der Waals surface area contributed by atoms with Gasteiger partial charge in [-0.1, -0.05) is 30.3 Å². The Morgan fingerprint density at radius 1 is 0.769 bits per heavy atom. The Kier molecular flexibility index (Phi) is 13.0. The zero-order valence-corrected chi connectivity index (χ0v) is 29.9. The number of nitrogens with two attached hydrogens (primary N) is 1. The molecule has 1 aliphatic rings. The molecular weight excluding hydrogens is 680 g/mol. The van der Waals surface area contributed by atoms with Crippen molar-refractivity contribution in [3.05, 3.63) is 65.4 Å². The summed E-state index contributed by atoms with van der Waals surface area (Å²) in [5.74, 6) is -3.47. The van der Waals surface area contributed by atoms with E-state index >= 15 is 0 Å². The lowest BCUT2D eigenvalue weighted by molar-refractivity contribution is -0.288. The molecule has 1 saturated heterocycles. The molecule has 0 spiro atoms. The van der Waals surface area contributed by atoms with Gasteiger partial charge in [0.15, 0.2) is 12.2 Å². The molecule has 15 heteroatoms. The van der Waals surface area contributed by atoms with Crippen molar-refractivity contribution in [1.82, 2.24) is 5.32 Å². The van der Waals surface area contributed by atoms with E-state index in [4.69, 9.17) is 38.6 Å². The number of hydrogen-bond donors (Lipinski definition) is 2. The van der Waals surface area contributed by atoms with Crippen molar-refractivity contribution in [1.29, 1.82) is 0 Å². The van der Waals surface area contributed by atoms with E-state index in [-0.39, 0.29) is 12.3 Å². The summed E-state index contributed by atoms with van der Waals surface area (Å²) in [7, 11) is 0. The molecule has 280 valence electrons. The van der Waals surface area contributed by atoms with Crippen molar-refractivity contribution >= 4 is 46.7 Å². The summed E-state index contributed by atoms with van der Waals surface area (Å²) in [6.45, 7) is 7.34. The molecule has 15 nitrogen and oxygen atoms in total. The van der Waals surface area contributed by atoms with Crippen molar-refractivity contribution in [2.45, 2.75) is 103 Å². The number of carbonyl (C=O) groups is 6. The number of hydrogen-bond acceptors (Lipinski definition) is 13. The van der Waals surface area contributed by atoms with E-state index in [9.17, 15) is 28.8 Å². The van der Waals surface area contributed by atoms with Gasteiger partial charge >= 0.3 is 23.9 Å². The minimum absolute atomic E-state index is 0.194.